The zero-order valence-corrected chi connectivity index (χ0v) is 13.0. The van der Waals surface area contributed by atoms with Crippen molar-refractivity contribution in [3.63, 3.8) is 0 Å². The van der Waals surface area contributed by atoms with E-state index in [2.05, 4.69) is 15.8 Å². The summed E-state index contributed by atoms with van der Waals surface area (Å²) in [7, 11) is 0. The number of hydrogen-bond donors (Lipinski definition) is 2. The van der Waals surface area contributed by atoms with Crippen molar-refractivity contribution in [3.8, 4) is 0 Å². The highest BCUT2D eigenvalue weighted by molar-refractivity contribution is 7.80. The van der Waals surface area contributed by atoms with Crippen LogP contribution in [0.25, 0.3) is 0 Å². The number of benzene rings is 2. The van der Waals surface area contributed by atoms with Gasteiger partial charge in [-0.15, -0.1) is 0 Å². The van der Waals surface area contributed by atoms with E-state index in [9.17, 15) is 13.2 Å². The van der Waals surface area contributed by atoms with E-state index < -0.39 is 11.7 Å². The van der Waals surface area contributed by atoms with Crippen LogP contribution in [0.2, 0.25) is 0 Å². The second-order valence-electron chi connectivity index (χ2n) is 4.71. The minimum Gasteiger partial charge on any atom is -0.331 e. The van der Waals surface area contributed by atoms with E-state index in [4.69, 9.17) is 12.2 Å². The Morgan fingerprint density at radius 1 is 1.04 bits per heavy atom. The number of halogens is 3. The standard InChI is InChI=1S/C16H14F3N3S/c1-11(12-6-3-2-4-7-12)21-22-15(23)20-14-9-5-8-13(10-14)16(17,18)19/h2-10H,1H3,(H2,20,22,23)/b21-11+. The molecule has 7 heteroatoms. The van der Waals surface area contributed by atoms with E-state index >= 15 is 0 Å². The number of rotatable bonds is 3. The molecule has 0 saturated carbocycles. The molecule has 0 unspecified atom stereocenters. The normalized spacial score (nSPS) is 11.9. The molecule has 0 fully saturated rings. The van der Waals surface area contributed by atoms with E-state index in [0.717, 1.165) is 17.7 Å². The molecular weight excluding hydrogens is 323 g/mol. The van der Waals surface area contributed by atoms with Crippen LogP contribution in [0.1, 0.15) is 18.1 Å². The lowest BCUT2D eigenvalue weighted by Gasteiger charge is -2.11. The number of hydrazone groups is 1. The first-order valence-corrected chi connectivity index (χ1v) is 7.11. The van der Waals surface area contributed by atoms with Gasteiger partial charge >= 0.3 is 6.18 Å². The monoisotopic (exact) mass is 337 g/mol. The van der Waals surface area contributed by atoms with Gasteiger partial charge in [0.1, 0.15) is 0 Å². The lowest BCUT2D eigenvalue weighted by atomic mass is 10.1. The summed E-state index contributed by atoms with van der Waals surface area (Å²) in [5.74, 6) is 0. The molecule has 0 bridgehead atoms. The first kappa shape index (κ1) is 17.0. The molecular formula is C16H14F3N3S. The van der Waals surface area contributed by atoms with Gasteiger partial charge in [-0.2, -0.15) is 18.3 Å². The van der Waals surface area contributed by atoms with Gasteiger partial charge in [-0.25, -0.2) is 0 Å². The zero-order valence-electron chi connectivity index (χ0n) is 12.2. The minimum atomic E-state index is -4.39. The number of nitrogens with one attached hydrogen (secondary N) is 2. The Kier molecular flexibility index (Phi) is 5.33. The van der Waals surface area contributed by atoms with Crippen molar-refractivity contribution in [1.29, 1.82) is 0 Å². The molecule has 0 aliphatic heterocycles. The van der Waals surface area contributed by atoms with Gasteiger partial charge < -0.3 is 5.32 Å². The van der Waals surface area contributed by atoms with Crippen LogP contribution >= 0.6 is 12.2 Å². The maximum atomic E-state index is 12.6. The number of anilines is 1. The van der Waals surface area contributed by atoms with E-state index in [1.807, 2.05) is 30.3 Å². The third-order valence-electron chi connectivity index (χ3n) is 2.96. The molecule has 0 heterocycles. The smallest absolute Gasteiger partial charge is 0.331 e. The van der Waals surface area contributed by atoms with Gasteiger partial charge in [-0.05, 0) is 42.9 Å². The van der Waals surface area contributed by atoms with Crippen LogP contribution in [-0.4, -0.2) is 10.8 Å². The lowest BCUT2D eigenvalue weighted by molar-refractivity contribution is -0.137. The molecule has 3 nitrogen and oxygen atoms in total. The average molecular weight is 337 g/mol. The summed E-state index contributed by atoms with van der Waals surface area (Å²) < 4.78 is 37.9. The molecule has 2 N–H and O–H groups in total. The number of hydrogen-bond acceptors (Lipinski definition) is 2. The maximum Gasteiger partial charge on any atom is 0.416 e. The number of alkyl halides is 3. The molecule has 2 aromatic carbocycles. The van der Waals surface area contributed by atoms with Crippen molar-refractivity contribution in [2.24, 2.45) is 5.10 Å². The first-order chi connectivity index (χ1) is 10.9. The highest BCUT2D eigenvalue weighted by atomic mass is 32.1. The summed E-state index contributed by atoms with van der Waals surface area (Å²) in [4.78, 5) is 0. The van der Waals surface area contributed by atoms with Gasteiger partial charge in [0.05, 0.1) is 11.3 Å². The lowest BCUT2D eigenvalue weighted by Crippen LogP contribution is -2.25. The molecule has 0 radical (unpaired) electrons. The van der Waals surface area contributed by atoms with Crippen molar-refractivity contribution in [2.45, 2.75) is 13.1 Å². The largest absolute Gasteiger partial charge is 0.416 e. The van der Waals surface area contributed by atoms with Gasteiger partial charge in [0.25, 0.3) is 0 Å². The topological polar surface area (TPSA) is 36.4 Å². The molecule has 2 aromatic rings. The van der Waals surface area contributed by atoms with Crippen molar-refractivity contribution in [1.82, 2.24) is 5.43 Å². The fraction of sp³-hybridized carbons (Fsp3) is 0.125. The average Bonchev–Trinajstić information content (AvgIpc) is 2.53. The molecule has 0 aliphatic rings. The molecule has 2 rings (SSSR count). The molecule has 0 aromatic heterocycles. The van der Waals surface area contributed by atoms with Crippen molar-refractivity contribution >= 4 is 28.7 Å². The molecule has 0 atom stereocenters. The number of nitrogens with zero attached hydrogens (tertiary/aromatic N) is 1. The fourth-order valence-electron chi connectivity index (χ4n) is 1.81. The molecule has 0 saturated heterocycles. The van der Waals surface area contributed by atoms with E-state index in [1.54, 1.807) is 6.92 Å². The summed E-state index contributed by atoms with van der Waals surface area (Å²) in [6.07, 6.45) is -4.39. The fourth-order valence-corrected chi connectivity index (χ4v) is 1.97. The minimum absolute atomic E-state index is 0.111. The Morgan fingerprint density at radius 2 is 1.74 bits per heavy atom. The predicted octanol–water partition coefficient (Wildman–Crippen LogP) is 4.42. The highest BCUT2D eigenvalue weighted by Gasteiger charge is 2.30. The SMILES string of the molecule is C/C(=N\NC(=S)Nc1cccc(C(F)(F)F)c1)c1ccccc1. The van der Waals surface area contributed by atoms with Gasteiger partial charge in [0.2, 0.25) is 0 Å². The quantitative estimate of drug-likeness (QED) is 0.495. The summed E-state index contributed by atoms with van der Waals surface area (Å²) in [5, 5.41) is 6.89. The van der Waals surface area contributed by atoms with E-state index in [-0.39, 0.29) is 10.8 Å². The Morgan fingerprint density at radius 3 is 2.39 bits per heavy atom. The zero-order chi connectivity index (χ0) is 16.9. The van der Waals surface area contributed by atoms with Gasteiger partial charge in [0, 0.05) is 5.69 Å². The molecule has 23 heavy (non-hydrogen) atoms. The van der Waals surface area contributed by atoms with E-state index in [1.165, 1.54) is 12.1 Å². The van der Waals surface area contributed by atoms with Gasteiger partial charge in [-0.1, -0.05) is 36.4 Å². The summed E-state index contributed by atoms with van der Waals surface area (Å²) in [5.41, 5.74) is 3.74. The summed E-state index contributed by atoms with van der Waals surface area (Å²) in [6.45, 7) is 1.80. The summed E-state index contributed by atoms with van der Waals surface area (Å²) >= 11 is 5.03. The molecule has 120 valence electrons. The van der Waals surface area contributed by atoms with Crippen LogP contribution in [0.5, 0.6) is 0 Å². The summed E-state index contributed by atoms with van der Waals surface area (Å²) in [6, 6.07) is 14.2. The molecule has 0 aliphatic carbocycles. The van der Waals surface area contributed by atoms with Gasteiger partial charge in [0.15, 0.2) is 5.11 Å². The Balaban J connectivity index is 2.00. The Labute approximate surface area is 137 Å². The second kappa shape index (κ2) is 7.23. The van der Waals surface area contributed by atoms with Crippen LogP contribution in [0, 0.1) is 0 Å². The van der Waals surface area contributed by atoms with Gasteiger partial charge in [-0.3, -0.25) is 5.43 Å². The third-order valence-corrected chi connectivity index (χ3v) is 3.16. The van der Waals surface area contributed by atoms with Crippen LogP contribution in [0.15, 0.2) is 59.7 Å². The Hall–Kier alpha value is -2.41. The first-order valence-electron chi connectivity index (χ1n) is 6.70. The maximum absolute atomic E-state index is 12.6. The van der Waals surface area contributed by atoms with Crippen LogP contribution in [-0.2, 0) is 6.18 Å². The second-order valence-corrected chi connectivity index (χ2v) is 5.12. The highest BCUT2D eigenvalue weighted by Crippen LogP contribution is 2.30. The van der Waals surface area contributed by atoms with Crippen molar-refractivity contribution in [3.05, 3.63) is 65.7 Å². The van der Waals surface area contributed by atoms with Crippen LogP contribution < -0.4 is 10.7 Å². The van der Waals surface area contributed by atoms with Crippen LogP contribution in [0.3, 0.4) is 0 Å². The number of thiocarbonyl (C=S) groups is 1. The predicted molar refractivity (Wildman–Crippen MR) is 89.5 cm³/mol. The van der Waals surface area contributed by atoms with Crippen molar-refractivity contribution in [2.75, 3.05) is 5.32 Å². The van der Waals surface area contributed by atoms with Crippen molar-refractivity contribution < 1.29 is 13.2 Å². The molecule has 0 spiro atoms. The molecule has 0 amide bonds. The Bertz CT molecular complexity index is 712. The third kappa shape index (κ3) is 5.07. The van der Waals surface area contributed by atoms with E-state index in [0.29, 0.717) is 5.71 Å². The van der Waals surface area contributed by atoms with Crippen LogP contribution in [0.4, 0.5) is 18.9 Å².